The fourth-order valence-electron chi connectivity index (χ4n) is 3.37. The van der Waals surface area contributed by atoms with Gasteiger partial charge in [0.1, 0.15) is 5.75 Å². The molecule has 0 aliphatic heterocycles. The van der Waals surface area contributed by atoms with Crippen molar-refractivity contribution >= 4 is 33.2 Å². The van der Waals surface area contributed by atoms with Crippen molar-refractivity contribution in [2.75, 3.05) is 24.6 Å². The molecular formula is C26H29ClN2O5S. The van der Waals surface area contributed by atoms with Gasteiger partial charge in [-0.2, -0.15) is 0 Å². The fraction of sp³-hybridized carbons (Fsp3) is 0.269. The van der Waals surface area contributed by atoms with Crippen LogP contribution in [0.5, 0.6) is 5.75 Å². The second kappa shape index (κ2) is 12.1. The van der Waals surface area contributed by atoms with Gasteiger partial charge in [0.25, 0.3) is 15.9 Å². The largest absolute Gasteiger partial charge is 0.484 e. The molecular weight excluding hydrogens is 488 g/mol. The highest BCUT2D eigenvalue weighted by atomic mass is 35.5. The smallest absolute Gasteiger partial charge is 0.264 e. The van der Waals surface area contributed by atoms with Crippen LogP contribution in [0, 0.1) is 6.92 Å². The van der Waals surface area contributed by atoms with Gasteiger partial charge in [0.15, 0.2) is 6.61 Å². The molecule has 0 unspecified atom stereocenters. The highest BCUT2D eigenvalue weighted by molar-refractivity contribution is 7.92. The van der Waals surface area contributed by atoms with Gasteiger partial charge in [-0.25, -0.2) is 8.42 Å². The summed E-state index contributed by atoms with van der Waals surface area (Å²) in [4.78, 5) is 12.2. The van der Waals surface area contributed by atoms with E-state index in [0.717, 1.165) is 11.1 Å². The number of nitrogens with one attached hydrogen (secondary N) is 1. The number of halogens is 1. The van der Waals surface area contributed by atoms with Crippen molar-refractivity contribution in [2.24, 2.45) is 0 Å². The molecule has 0 heterocycles. The number of rotatable bonds is 11. The Morgan fingerprint density at radius 3 is 2.23 bits per heavy atom. The number of benzene rings is 3. The number of nitrogens with zero attached hydrogens (tertiary/aromatic N) is 1. The van der Waals surface area contributed by atoms with E-state index in [-0.39, 0.29) is 30.0 Å². The summed E-state index contributed by atoms with van der Waals surface area (Å²) in [6, 6.07) is 20.2. The molecule has 1 atom stereocenters. The second-order valence-electron chi connectivity index (χ2n) is 8.16. The third kappa shape index (κ3) is 7.45. The first-order valence-electron chi connectivity index (χ1n) is 11.0. The Balaban J connectivity index is 1.81. The van der Waals surface area contributed by atoms with Crippen molar-refractivity contribution < 1.29 is 22.7 Å². The second-order valence-corrected chi connectivity index (χ2v) is 10.5. The van der Waals surface area contributed by atoms with Crippen molar-refractivity contribution in [3.8, 4) is 5.75 Å². The third-order valence-corrected chi connectivity index (χ3v) is 7.21. The Labute approximate surface area is 211 Å². The zero-order valence-electron chi connectivity index (χ0n) is 19.9. The summed E-state index contributed by atoms with van der Waals surface area (Å²) in [5.74, 6) is 0.174. The van der Waals surface area contributed by atoms with Crippen LogP contribution in [0.15, 0.2) is 77.7 Å². The first-order chi connectivity index (χ1) is 16.7. The lowest BCUT2D eigenvalue weighted by molar-refractivity contribution is -0.124. The van der Waals surface area contributed by atoms with Gasteiger partial charge < -0.3 is 14.8 Å². The van der Waals surface area contributed by atoms with E-state index in [1.165, 1.54) is 4.31 Å². The van der Waals surface area contributed by atoms with Crippen LogP contribution in [0.4, 0.5) is 5.69 Å². The summed E-state index contributed by atoms with van der Waals surface area (Å²) in [6.45, 7) is 4.09. The Morgan fingerprint density at radius 2 is 1.63 bits per heavy atom. The zero-order chi connectivity index (χ0) is 25.4. The lowest BCUT2D eigenvalue weighted by Crippen LogP contribution is -2.38. The molecule has 1 amide bonds. The van der Waals surface area contributed by atoms with Crippen molar-refractivity contribution in [1.82, 2.24) is 5.32 Å². The number of ether oxygens (including phenoxy) is 2. The van der Waals surface area contributed by atoms with Gasteiger partial charge >= 0.3 is 0 Å². The number of hydrogen-bond donors (Lipinski definition) is 1. The SMILES string of the molecule is COC[C@@H](C)NC(=O)COc1ccc(N(Cc2ccc(Cl)cc2)S(=O)(=O)c2ccc(C)cc2)cc1. The average molecular weight is 517 g/mol. The summed E-state index contributed by atoms with van der Waals surface area (Å²) in [7, 11) is -2.29. The van der Waals surface area contributed by atoms with Crippen LogP contribution < -0.4 is 14.4 Å². The molecule has 9 heteroatoms. The molecule has 0 aliphatic rings. The normalized spacial score (nSPS) is 12.1. The number of sulfonamides is 1. The van der Waals surface area contributed by atoms with Gasteiger partial charge in [0, 0.05) is 18.2 Å². The van der Waals surface area contributed by atoms with Crippen molar-refractivity contribution in [1.29, 1.82) is 0 Å². The van der Waals surface area contributed by atoms with Gasteiger partial charge in [0.2, 0.25) is 0 Å². The molecule has 0 saturated carbocycles. The lowest BCUT2D eigenvalue weighted by atomic mass is 10.2. The average Bonchev–Trinajstić information content (AvgIpc) is 2.83. The molecule has 35 heavy (non-hydrogen) atoms. The topological polar surface area (TPSA) is 84.9 Å². The molecule has 0 aromatic heterocycles. The van der Waals surface area contributed by atoms with Crippen molar-refractivity contribution in [3.63, 3.8) is 0 Å². The molecule has 3 aromatic rings. The first-order valence-corrected chi connectivity index (χ1v) is 12.9. The van der Waals surface area contributed by atoms with E-state index in [0.29, 0.717) is 23.1 Å². The van der Waals surface area contributed by atoms with Gasteiger partial charge in [-0.1, -0.05) is 41.4 Å². The number of methoxy groups -OCH3 is 1. The number of carbonyl (C=O) groups is 1. The highest BCUT2D eigenvalue weighted by Gasteiger charge is 2.25. The van der Waals surface area contributed by atoms with E-state index in [4.69, 9.17) is 21.1 Å². The minimum atomic E-state index is -3.85. The Kier molecular flexibility index (Phi) is 9.14. The van der Waals surface area contributed by atoms with E-state index >= 15 is 0 Å². The standard InChI is InChI=1S/C26H29ClN2O5S/c1-19-4-14-25(15-5-19)35(31,32)29(16-21-6-8-22(27)9-7-21)23-10-12-24(13-11-23)34-18-26(30)28-20(2)17-33-3/h4-15,20H,16-18H2,1-3H3,(H,28,30)/t20-/m1/s1. The zero-order valence-corrected chi connectivity index (χ0v) is 21.5. The maximum atomic E-state index is 13.6. The van der Waals surface area contributed by atoms with Gasteiger partial charge in [-0.3, -0.25) is 9.10 Å². The minimum absolute atomic E-state index is 0.118. The van der Waals surface area contributed by atoms with Gasteiger partial charge in [-0.15, -0.1) is 0 Å². The van der Waals surface area contributed by atoms with E-state index in [1.54, 1.807) is 79.9 Å². The van der Waals surface area contributed by atoms with Gasteiger partial charge in [-0.05, 0) is 67.9 Å². The number of carbonyl (C=O) groups excluding carboxylic acids is 1. The van der Waals surface area contributed by atoms with E-state index in [2.05, 4.69) is 5.32 Å². The molecule has 0 spiro atoms. The summed E-state index contributed by atoms with van der Waals surface area (Å²) in [5, 5.41) is 3.34. The molecule has 0 aliphatic carbocycles. The number of anilines is 1. The summed E-state index contributed by atoms with van der Waals surface area (Å²) < 4.78 is 39.1. The lowest BCUT2D eigenvalue weighted by Gasteiger charge is -2.25. The van der Waals surface area contributed by atoms with Gasteiger partial charge in [0.05, 0.1) is 23.7 Å². The van der Waals surface area contributed by atoms with E-state index in [9.17, 15) is 13.2 Å². The Morgan fingerprint density at radius 1 is 1.00 bits per heavy atom. The quantitative estimate of drug-likeness (QED) is 0.403. The number of aryl methyl sites for hydroxylation is 1. The van der Waals surface area contributed by atoms with E-state index < -0.39 is 10.0 Å². The summed E-state index contributed by atoms with van der Waals surface area (Å²) in [5.41, 5.74) is 2.22. The van der Waals surface area contributed by atoms with Crippen molar-refractivity contribution in [2.45, 2.75) is 31.3 Å². The highest BCUT2D eigenvalue weighted by Crippen LogP contribution is 2.28. The Bertz CT molecular complexity index is 1210. The first kappa shape index (κ1) is 26.5. The van der Waals surface area contributed by atoms with E-state index in [1.807, 2.05) is 13.8 Å². The molecule has 3 aromatic carbocycles. The predicted molar refractivity (Wildman–Crippen MR) is 137 cm³/mol. The monoisotopic (exact) mass is 516 g/mol. The molecule has 0 fully saturated rings. The number of hydrogen-bond acceptors (Lipinski definition) is 5. The van der Waals surface area contributed by atoms with Crippen LogP contribution in [-0.2, 0) is 26.1 Å². The molecule has 186 valence electrons. The molecule has 0 radical (unpaired) electrons. The maximum Gasteiger partial charge on any atom is 0.264 e. The fourth-order valence-corrected chi connectivity index (χ4v) is 4.95. The molecule has 7 nitrogen and oxygen atoms in total. The minimum Gasteiger partial charge on any atom is -0.484 e. The van der Waals surface area contributed by atoms with Crippen LogP contribution in [0.3, 0.4) is 0 Å². The van der Waals surface area contributed by atoms with Crippen LogP contribution in [0.2, 0.25) is 5.02 Å². The summed E-state index contributed by atoms with van der Waals surface area (Å²) >= 11 is 6.00. The third-order valence-electron chi connectivity index (χ3n) is 5.17. The molecule has 1 N–H and O–H groups in total. The molecule has 0 bridgehead atoms. The number of amides is 1. The maximum absolute atomic E-state index is 13.6. The predicted octanol–water partition coefficient (Wildman–Crippen LogP) is 4.57. The Hall–Kier alpha value is -3.07. The van der Waals surface area contributed by atoms with Crippen LogP contribution in [0.25, 0.3) is 0 Å². The summed E-state index contributed by atoms with van der Waals surface area (Å²) in [6.07, 6.45) is 0. The molecule has 3 rings (SSSR count). The molecule has 0 saturated heterocycles. The van der Waals surface area contributed by atoms with Crippen LogP contribution >= 0.6 is 11.6 Å². The van der Waals surface area contributed by atoms with Crippen LogP contribution in [0.1, 0.15) is 18.1 Å². The van der Waals surface area contributed by atoms with Crippen molar-refractivity contribution in [3.05, 3.63) is 88.9 Å². The van der Waals surface area contributed by atoms with Crippen LogP contribution in [-0.4, -0.2) is 40.7 Å².